The first-order valence-corrected chi connectivity index (χ1v) is 9.83. The van der Waals surface area contributed by atoms with E-state index in [1.165, 1.54) is 11.0 Å². The van der Waals surface area contributed by atoms with Gasteiger partial charge in [0.05, 0.1) is 5.69 Å². The number of nitrogens with one attached hydrogen (secondary N) is 1. The van der Waals surface area contributed by atoms with Crippen molar-refractivity contribution in [2.75, 3.05) is 22.9 Å². The number of hydrogen-bond acceptors (Lipinski definition) is 5. The Morgan fingerprint density at radius 1 is 1.14 bits per heavy atom. The Labute approximate surface area is 168 Å². The molecule has 0 unspecified atom stereocenters. The molecule has 1 N–H and O–H groups in total. The van der Waals surface area contributed by atoms with Crippen molar-refractivity contribution in [3.63, 3.8) is 0 Å². The van der Waals surface area contributed by atoms with Crippen molar-refractivity contribution in [3.05, 3.63) is 53.3 Å². The zero-order valence-electron chi connectivity index (χ0n) is 15.6. The Morgan fingerprint density at radius 2 is 1.89 bits per heavy atom. The van der Waals surface area contributed by atoms with Crippen molar-refractivity contribution in [1.29, 1.82) is 0 Å². The zero-order chi connectivity index (χ0) is 19.7. The molecule has 6 nitrogen and oxygen atoms in total. The molecule has 3 heterocycles. The Balaban J connectivity index is 1.67. The fraction of sp³-hybridized carbons (Fsp3) is 0.286. The molecule has 1 aromatic heterocycles. The summed E-state index contributed by atoms with van der Waals surface area (Å²) in [6, 6.07) is 11.2. The number of carbonyl (C=O) groups excluding carboxylic acids is 2. The number of benzene rings is 1. The number of anilines is 2. The lowest BCUT2D eigenvalue weighted by molar-refractivity contribution is -0.122. The maximum Gasteiger partial charge on any atom is 0.270 e. The van der Waals surface area contributed by atoms with Crippen LogP contribution in [0.25, 0.3) is 6.08 Å². The van der Waals surface area contributed by atoms with Crippen LogP contribution in [0.4, 0.5) is 11.6 Å². The van der Waals surface area contributed by atoms with E-state index in [1.807, 2.05) is 37.3 Å². The molecule has 0 atom stereocenters. The molecule has 2 aromatic rings. The zero-order valence-corrected chi connectivity index (χ0v) is 16.4. The van der Waals surface area contributed by atoms with E-state index in [0.717, 1.165) is 43.8 Å². The summed E-state index contributed by atoms with van der Waals surface area (Å²) in [5.41, 5.74) is 1.66. The fourth-order valence-corrected chi connectivity index (χ4v) is 3.85. The van der Waals surface area contributed by atoms with Crippen molar-refractivity contribution in [3.8, 4) is 0 Å². The molecular weight excluding hydrogens is 374 g/mol. The van der Waals surface area contributed by atoms with Crippen LogP contribution < -0.4 is 15.1 Å². The van der Waals surface area contributed by atoms with Gasteiger partial charge in [-0.3, -0.25) is 19.8 Å². The van der Waals surface area contributed by atoms with Crippen LogP contribution in [0.15, 0.2) is 46.4 Å². The van der Waals surface area contributed by atoms with Crippen LogP contribution in [0.2, 0.25) is 0 Å². The van der Waals surface area contributed by atoms with E-state index < -0.39 is 11.8 Å². The smallest absolute Gasteiger partial charge is 0.270 e. The number of aryl methyl sites for hydroxylation is 1. The van der Waals surface area contributed by atoms with Crippen molar-refractivity contribution in [2.24, 2.45) is 0 Å². The fourth-order valence-electron chi connectivity index (χ4n) is 3.57. The summed E-state index contributed by atoms with van der Waals surface area (Å²) in [7, 11) is 0. The van der Waals surface area contributed by atoms with Gasteiger partial charge in [0.25, 0.3) is 11.8 Å². The number of para-hydroxylation sites is 1. The number of nitrogens with zero attached hydrogens (tertiary/aromatic N) is 2. The molecule has 2 saturated heterocycles. The molecule has 2 aliphatic rings. The van der Waals surface area contributed by atoms with Gasteiger partial charge >= 0.3 is 0 Å². The Morgan fingerprint density at radius 3 is 2.64 bits per heavy atom. The summed E-state index contributed by atoms with van der Waals surface area (Å²) in [5.74, 6) is 0.266. The molecule has 0 radical (unpaired) electrons. The number of furan rings is 1. The maximum absolute atomic E-state index is 13.1. The molecule has 0 spiro atoms. The van der Waals surface area contributed by atoms with E-state index in [0.29, 0.717) is 11.4 Å². The van der Waals surface area contributed by atoms with Crippen molar-refractivity contribution >= 4 is 46.8 Å². The molecule has 144 valence electrons. The van der Waals surface area contributed by atoms with Crippen LogP contribution in [0.3, 0.4) is 0 Å². The van der Waals surface area contributed by atoms with Gasteiger partial charge in [-0.1, -0.05) is 25.1 Å². The van der Waals surface area contributed by atoms with Crippen LogP contribution in [0.5, 0.6) is 0 Å². The van der Waals surface area contributed by atoms with Crippen LogP contribution in [-0.2, 0) is 16.0 Å². The van der Waals surface area contributed by atoms with Crippen molar-refractivity contribution < 1.29 is 14.0 Å². The minimum atomic E-state index is -0.514. The normalized spacial score (nSPS) is 18.9. The van der Waals surface area contributed by atoms with E-state index in [1.54, 1.807) is 6.07 Å². The number of amides is 2. The second-order valence-corrected chi connectivity index (χ2v) is 7.20. The van der Waals surface area contributed by atoms with Gasteiger partial charge in [0.2, 0.25) is 0 Å². The second-order valence-electron chi connectivity index (χ2n) is 6.81. The van der Waals surface area contributed by atoms with Crippen LogP contribution in [0.1, 0.15) is 31.1 Å². The van der Waals surface area contributed by atoms with Crippen LogP contribution in [-0.4, -0.2) is 30.0 Å². The summed E-state index contributed by atoms with van der Waals surface area (Å²) in [4.78, 5) is 29.1. The van der Waals surface area contributed by atoms with Gasteiger partial charge in [-0.15, -0.1) is 0 Å². The van der Waals surface area contributed by atoms with E-state index in [2.05, 4.69) is 10.2 Å². The lowest BCUT2D eigenvalue weighted by Gasteiger charge is -2.30. The third kappa shape index (κ3) is 3.33. The molecule has 7 heteroatoms. The second kappa shape index (κ2) is 7.59. The van der Waals surface area contributed by atoms with E-state index in [4.69, 9.17) is 16.6 Å². The van der Waals surface area contributed by atoms with E-state index in [9.17, 15) is 9.59 Å². The number of carbonyl (C=O) groups is 2. The largest absolute Gasteiger partial charge is 0.441 e. The third-order valence-electron chi connectivity index (χ3n) is 5.03. The lowest BCUT2D eigenvalue weighted by atomic mass is 10.1. The molecule has 4 rings (SSSR count). The van der Waals surface area contributed by atoms with Crippen molar-refractivity contribution in [1.82, 2.24) is 5.32 Å². The highest BCUT2D eigenvalue weighted by Crippen LogP contribution is 2.28. The van der Waals surface area contributed by atoms with Gasteiger partial charge in [-0.05, 0) is 55.3 Å². The minimum absolute atomic E-state index is 0.00169. The summed E-state index contributed by atoms with van der Waals surface area (Å²) in [6.07, 6.45) is 4.51. The molecular formula is C21H21N3O3S. The van der Waals surface area contributed by atoms with Gasteiger partial charge in [0, 0.05) is 19.2 Å². The monoisotopic (exact) mass is 395 g/mol. The quantitative estimate of drug-likeness (QED) is 0.489. The maximum atomic E-state index is 13.1. The van der Waals surface area contributed by atoms with Crippen molar-refractivity contribution in [2.45, 2.75) is 26.2 Å². The first-order chi connectivity index (χ1) is 13.6. The summed E-state index contributed by atoms with van der Waals surface area (Å²) in [5, 5.41) is 2.71. The first kappa shape index (κ1) is 18.4. The van der Waals surface area contributed by atoms with Crippen LogP contribution >= 0.6 is 12.2 Å². The molecule has 28 heavy (non-hydrogen) atoms. The van der Waals surface area contributed by atoms with Gasteiger partial charge in [-0.2, -0.15) is 0 Å². The molecule has 1 aromatic carbocycles. The summed E-state index contributed by atoms with van der Waals surface area (Å²) >= 11 is 5.28. The SMILES string of the molecule is CCc1ccccc1N1C(=O)/C(=C\c2ccc(N3CCCC3)o2)C(=O)NC1=S. The average Bonchev–Trinajstić information content (AvgIpc) is 3.37. The summed E-state index contributed by atoms with van der Waals surface area (Å²) in [6.45, 7) is 3.92. The highest BCUT2D eigenvalue weighted by molar-refractivity contribution is 7.80. The van der Waals surface area contributed by atoms with Gasteiger partial charge in [0.15, 0.2) is 11.0 Å². The molecule has 0 saturated carbocycles. The summed E-state index contributed by atoms with van der Waals surface area (Å²) < 4.78 is 5.85. The number of rotatable bonds is 4. The molecule has 2 fully saturated rings. The van der Waals surface area contributed by atoms with Gasteiger partial charge < -0.3 is 9.32 Å². The number of hydrogen-bond donors (Lipinski definition) is 1. The molecule has 2 aliphatic heterocycles. The van der Waals surface area contributed by atoms with Crippen LogP contribution in [0, 0.1) is 0 Å². The Bertz CT molecular complexity index is 973. The highest BCUT2D eigenvalue weighted by atomic mass is 32.1. The molecule has 0 aliphatic carbocycles. The Kier molecular flexibility index (Phi) is 5.00. The highest BCUT2D eigenvalue weighted by Gasteiger charge is 2.35. The Hall–Kier alpha value is -2.93. The van der Waals surface area contributed by atoms with E-state index in [-0.39, 0.29) is 10.7 Å². The minimum Gasteiger partial charge on any atom is -0.441 e. The standard InChI is InChI=1S/C21H21N3O3S/c1-2-14-7-3-4-8-17(14)24-20(26)16(19(25)22-21(24)28)13-15-9-10-18(27-15)23-11-5-6-12-23/h3-4,7-10,13H,2,5-6,11-12H2,1H3,(H,22,25,28)/b16-13-. The van der Waals surface area contributed by atoms with Gasteiger partial charge in [0.1, 0.15) is 11.3 Å². The first-order valence-electron chi connectivity index (χ1n) is 9.42. The average molecular weight is 395 g/mol. The molecule has 0 bridgehead atoms. The van der Waals surface area contributed by atoms with Gasteiger partial charge in [-0.25, -0.2) is 0 Å². The molecule has 2 amide bonds. The lowest BCUT2D eigenvalue weighted by Crippen LogP contribution is -2.54. The predicted octanol–water partition coefficient (Wildman–Crippen LogP) is 3.27. The number of thiocarbonyl (C=S) groups is 1. The van der Waals surface area contributed by atoms with E-state index >= 15 is 0 Å². The third-order valence-corrected chi connectivity index (χ3v) is 5.32. The predicted molar refractivity (Wildman–Crippen MR) is 112 cm³/mol. The topological polar surface area (TPSA) is 65.8 Å².